The topological polar surface area (TPSA) is 55.8 Å². The fraction of sp³-hybridized carbons (Fsp3) is 0.550. The predicted molar refractivity (Wildman–Crippen MR) is 98.8 cm³/mol. The van der Waals surface area contributed by atoms with E-state index in [4.69, 9.17) is 16.3 Å². The second kappa shape index (κ2) is 10.5. The highest BCUT2D eigenvalue weighted by Crippen LogP contribution is 2.39. The molecule has 138 valence electrons. The maximum absolute atomic E-state index is 11.1. The zero-order valence-electron chi connectivity index (χ0n) is 14.6. The van der Waals surface area contributed by atoms with Gasteiger partial charge >= 0.3 is 5.97 Å². The number of hydrogen-bond donors (Lipinski definition) is 1. The number of aliphatic hydroxyl groups excluding tert-OH is 1. The van der Waals surface area contributed by atoms with Gasteiger partial charge in [-0.05, 0) is 43.7 Å². The summed E-state index contributed by atoms with van der Waals surface area (Å²) in [6.45, 7) is 0.468. The molecule has 0 radical (unpaired) electrons. The van der Waals surface area contributed by atoms with Crippen molar-refractivity contribution >= 4 is 17.6 Å². The number of carbonyl (C=O) groups excluding carboxylic acids is 1. The average molecular weight is 367 g/mol. The highest BCUT2D eigenvalue weighted by atomic mass is 35.5. The lowest BCUT2D eigenvalue weighted by atomic mass is 9.92. The zero-order valence-corrected chi connectivity index (χ0v) is 15.4. The van der Waals surface area contributed by atoms with Crippen molar-refractivity contribution in [2.24, 2.45) is 11.8 Å². The first-order chi connectivity index (χ1) is 12.1. The summed E-state index contributed by atoms with van der Waals surface area (Å²) in [6, 6.07) is 9.63. The van der Waals surface area contributed by atoms with Crippen LogP contribution < -0.4 is 4.74 Å². The first kappa shape index (κ1) is 19.8. The molecule has 1 aliphatic rings. The molecule has 0 unspecified atom stereocenters. The number of para-hydroxylation sites is 1. The molecule has 1 aliphatic carbocycles. The van der Waals surface area contributed by atoms with Crippen molar-refractivity contribution in [1.82, 2.24) is 0 Å². The molecule has 1 aromatic carbocycles. The third-order valence-corrected chi connectivity index (χ3v) is 5.22. The molecule has 1 N–H and O–H groups in total. The summed E-state index contributed by atoms with van der Waals surface area (Å²) in [4.78, 5) is 11.1. The standard InChI is InChI=1S/C20H27ClO4/c1-24-20(23)12-8-3-2-7-11-16-17(19(22)13-18(16)21)14-25-15-9-5-4-6-10-15/h2,4-7,9-10,16-19,22H,3,8,11-14H2,1H3/t16-,17-,18-,19-/m1/s1. The zero-order chi connectivity index (χ0) is 18.1. The number of unbranched alkanes of at least 4 members (excludes halogenated alkanes) is 1. The molecule has 0 aliphatic heterocycles. The molecule has 1 aromatic rings. The minimum atomic E-state index is -0.427. The van der Waals surface area contributed by atoms with Crippen LogP contribution in [0.2, 0.25) is 0 Å². The van der Waals surface area contributed by atoms with Crippen molar-refractivity contribution in [3.63, 3.8) is 0 Å². The van der Waals surface area contributed by atoms with E-state index in [1.807, 2.05) is 30.3 Å². The molecule has 2 rings (SSSR count). The lowest BCUT2D eigenvalue weighted by Gasteiger charge is -2.22. The van der Waals surface area contributed by atoms with Gasteiger partial charge in [0.25, 0.3) is 0 Å². The van der Waals surface area contributed by atoms with Crippen molar-refractivity contribution in [2.75, 3.05) is 13.7 Å². The van der Waals surface area contributed by atoms with Crippen LogP contribution in [0.1, 0.15) is 32.1 Å². The van der Waals surface area contributed by atoms with Crippen molar-refractivity contribution in [3.05, 3.63) is 42.5 Å². The predicted octanol–water partition coefficient (Wildman–Crippen LogP) is 3.96. The number of benzene rings is 1. The number of esters is 1. The average Bonchev–Trinajstić information content (AvgIpc) is 2.89. The van der Waals surface area contributed by atoms with Gasteiger partial charge in [0, 0.05) is 17.7 Å². The third-order valence-electron chi connectivity index (χ3n) is 4.72. The van der Waals surface area contributed by atoms with Crippen LogP contribution in [0, 0.1) is 11.8 Å². The first-order valence-corrected chi connectivity index (χ1v) is 9.27. The van der Waals surface area contributed by atoms with Crippen LogP contribution in [0.5, 0.6) is 5.75 Å². The minimum Gasteiger partial charge on any atom is -0.493 e. The van der Waals surface area contributed by atoms with E-state index in [0.29, 0.717) is 19.4 Å². The van der Waals surface area contributed by atoms with Crippen LogP contribution in [0.15, 0.2) is 42.5 Å². The third kappa shape index (κ3) is 6.37. The van der Waals surface area contributed by atoms with Crippen molar-refractivity contribution in [3.8, 4) is 5.75 Å². The van der Waals surface area contributed by atoms with Crippen molar-refractivity contribution in [2.45, 2.75) is 43.6 Å². The highest BCUT2D eigenvalue weighted by molar-refractivity contribution is 6.21. The Morgan fingerprint density at radius 3 is 2.76 bits per heavy atom. The summed E-state index contributed by atoms with van der Waals surface area (Å²) < 4.78 is 10.4. The highest BCUT2D eigenvalue weighted by Gasteiger charge is 2.41. The normalized spacial score (nSPS) is 26.0. The van der Waals surface area contributed by atoms with Gasteiger partial charge in [-0.1, -0.05) is 30.4 Å². The van der Waals surface area contributed by atoms with E-state index < -0.39 is 6.10 Å². The van der Waals surface area contributed by atoms with Crippen LogP contribution >= 0.6 is 11.6 Å². The fourth-order valence-corrected chi connectivity index (χ4v) is 3.71. The molecule has 0 amide bonds. The quantitative estimate of drug-likeness (QED) is 0.311. The summed E-state index contributed by atoms with van der Waals surface area (Å²) in [5, 5.41) is 10.3. The summed E-state index contributed by atoms with van der Waals surface area (Å²) in [5.74, 6) is 0.857. The number of carbonyl (C=O) groups is 1. The van der Waals surface area contributed by atoms with E-state index >= 15 is 0 Å². The van der Waals surface area contributed by atoms with Gasteiger partial charge in [0.15, 0.2) is 0 Å². The Balaban J connectivity index is 1.79. The fourth-order valence-electron chi connectivity index (χ4n) is 3.24. The largest absolute Gasteiger partial charge is 0.493 e. The van der Waals surface area contributed by atoms with Gasteiger partial charge in [0.05, 0.1) is 19.8 Å². The number of rotatable bonds is 9. The molecule has 0 spiro atoms. The van der Waals surface area contributed by atoms with Gasteiger partial charge in [0.1, 0.15) is 5.75 Å². The molecule has 1 fully saturated rings. The van der Waals surface area contributed by atoms with Gasteiger partial charge < -0.3 is 14.6 Å². The van der Waals surface area contributed by atoms with Crippen LogP contribution in [0.3, 0.4) is 0 Å². The Hall–Kier alpha value is -1.52. The lowest BCUT2D eigenvalue weighted by molar-refractivity contribution is -0.140. The Morgan fingerprint density at radius 2 is 2.04 bits per heavy atom. The first-order valence-electron chi connectivity index (χ1n) is 8.83. The molecular formula is C20H27ClO4. The molecule has 25 heavy (non-hydrogen) atoms. The number of halogens is 1. The molecule has 5 heteroatoms. The van der Waals surface area contributed by atoms with E-state index in [0.717, 1.165) is 25.0 Å². The molecule has 4 nitrogen and oxygen atoms in total. The maximum Gasteiger partial charge on any atom is 0.305 e. The maximum atomic E-state index is 11.1. The molecular weight excluding hydrogens is 340 g/mol. The minimum absolute atomic E-state index is 0.0300. The smallest absolute Gasteiger partial charge is 0.305 e. The molecule has 0 bridgehead atoms. The number of allylic oxidation sites excluding steroid dienone is 2. The molecule has 4 atom stereocenters. The lowest BCUT2D eigenvalue weighted by Crippen LogP contribution is -2.27. The Morgan fingerprint density at radius 1 is 1.28 bits per heavy atom. The summed E-state index contributed by atoms with van der Waals surface area (Å²) in [5.41, 5.74) is 0. The Bertz CT molecular complexity index is 546. The monoisotopic (exact) mass is 366 g/mol. The van der Waals surface area contributed by atoms with Crippen LogP contribution in [-0.2, 0) is 9.53 Å². The Kier molecular flexibility index (Phi) is 8.29. The summed E-state index contributed by atoms with van der Waals surface area (Å²) in [6.07, 6.45) is 7.22. The van der Waals surface area contributed by atoms with Crippen molar-refractivity contribution in [1.29, 1.82) is 0 Å². The van der Waals surface area contributed by atoms with Gasteiger partial charge in [-0.3, -0.25) is 4.79 Å². The second-order valence-electron chi connectivity index (χ2n) is 6.45. The van der Waals surface area contributed by atoms with Crippen LogP contribution in [-0.4, -0.2) is 36.3 Å². The number of aliphatic hydroxyl groups is 1. The van der Waals surface area contributed by atoms with E-state index in [2.05, 4.69) is 16.9 Å². The Labute approximate surface area is 154 Å². The van der Waals surface area contributed by atoms with E-state index in [1.54, 1.807) is 0 Å². The second-order valence-corrected chi connectivity index (χ2v) is 7.01. The van der Waals surface area contributed by atoms with Crippen molar-refractivity contribution < 1.29 is 19.4 Å². The van der Waals surface area contributed by atoms with Gasteiger partial charge in [-0.25, -0.2) is 0 Å². The summed E-state index contributed by atoms with van der Waals surface area (Å²) in [7, 11) is 1.40. The molecule has 0 aromatic heterocycles. The van der Waals surface area contributed by atoms with Gasteiger partial charge in [-0.15, -0.1) is 11.6 Å². The van der Waals surface area contributed by atoms with Crippen LogP contribution in [0.25, 0.3) is 0 Å². The van der Waals surface area contributed by atoms with E-state index in [9.17, 15) is 9.90 Å². The SMILES string of the molecule is COC(=O)CCCC=CC[C@@H]1[C@@H](COc2ccccc2)[C@H](O)C[C@H]1Cl. The molecule has 0 saturated heterocycles. The van der Waals surface area contributed by atoms with Gasteiger partial charge in [0.2, 0.25) is 0 Å². The number of hydrogen-bond acceptors (Lipinski definition) is 4. The number of alkyl halides is 1. The molecule has 1 saturated carbocycles. The number of methoxy groups -OCH3 is 1. The van der Waals surface area contributed by atoms with E-state index in [1.165, 1.54) is 7.11 Å². The van der Waals surface area contributed by atoms with E-state index in [-0.39, 0.29) is 23.2 Å². The van der Waals surface area contributed by atoms with Crippen LogP contribution in [0.4, 0.5) is 0 Å². The number of ether oxygens (including phenoxy) is 2. The summed E-state index contributed by atoms with van der Waals surface area (Å²) >= 11 is 6.44. The van der Waals surface area contributed by atoms with Gasteiger partial charge in [-0.2, -0.15) is 0 Å². The molecule has 0 heterocycles.